The van der Waals surface area contributed by atoms with Gasteiger partial charge in [-0.25, -0.2) is 0 Å². The number of rotatable bonds is 4. The molecule has 0 atom stereocenters. The maximum atomic E-state index is 12.6. The van der Waals surface area contributed by atoms with E-state index in [9.17, 15) is 13.2 Å². The van der Waals surface area contributed by atoms with E-state index in [0.29, 0.717) is 5.56 Å². The molecule has 0 fully saturated rings. The molecule has 0 heterocycles. The van der Waals surface area contributed by atoms with Crippen LogP contribution in [0.25, 0.3) is 6.08 Å². The van der Waals surface area contributed by atoms with Gasteiger partial charge in [-0.05, 0) is 24.1 Å². The Morgan fingerprint density at radius 2 is 1.81 bits per heavy atom. The van der Waals surface area contributed by atoms with Crippen LogP contribution in [0, 0.1) is 0 Å². The summed E-state index contributed by atoms with van der Waals surface area (Å²) < 4.78 is 37.9. The van der Waals surface area contributed by atoms with E-state index in [4.69, 9.17) is 0 Å². The van der Waals surface area contributed by atoms with Gasteiger partial charge in [0.15, 0.2) is 7.28 Å². The number of halogens is 3. The van der Waals surface area contributed by atoms with Crippen molar-refractivity contribution < 1.29 is 13.2 Å². The molecule has 0 nitrogen and oxygen atoms in total. The van der Waals surface area contributed by atoms with Crippen molar-refractivity contribution in [3.8, 4) is 0 Å². The molecule has 0 aliphatic rings. The highest BCUT2D eigenvalue weighted by Gasteiger charge is 2.30. The number of alkyl halides is 3. The minimum atomic E-state index is -4.30. The van der Waals surface area contributed by atoms with Crippen molar-refractivity contribution in [2.75, 3.05) is 0 Å². The minimum absolute atomic E-state index is 0.537. The lowest BCUT2D eigenvalue weighted by atomic mass is 9.67. The highest BCUT2D eigenvalue weighted by atomic mass is 19.4. The van der Waals surface area contributed by atoms with E-state index in [-0.39, 0.29) is 0 Å². The number of aryl methyl sites for hydroxylation is 1. The van der Waals surface area contributed by atoms with Crippen molar-refractivity contribution in [3.05, 3.63) is 71.2 Å². The Morgan fingerprint density at radius 3 is 2.52 bits per heavy atom. The first-order valence-electron chi connectivity index (χ1n) is 6.77. The second kappa shape index (κ2) is 6.66. The lowest BCUT2D eigenvalue weighted by Gasteiger charge is -2.07. The van der Waals surface area contributed by atoms with Crippen LogP contribution in [0.5, 0.6) is 0 Å². The van der Waals surface area contributed by atoms with Crippen molar-refractivity contribution in [3.63, 3.8) is 0 Å². The second-order valence-electron chi connectivity index (χ2n) is 4.70. The van der Waals surface area contributed by atoms with Gasteiger partial charge in [-0.1, -0.05) is 60.4 Å². The van der Waals surface area contributed by atoms with Gasteiger partial charge in [0.25, 0.3) is 0 Å². The molecule has 0 saturated heterocycles. The quantitative estimate of drug-likeness (QED) is 0.737. The van der Waals surface area contributed by atoms with Crippen molar-refractivity contribution >= 4 is 18.8 Å². The monoisotopic (exact) mass is 287 g/mol. The van der Waals surface area contributed by atoms with E-state index in [1.165, 1.54) is 11.6 Å². The maximum absolute atomic E-state index is 12.6. The third kappa shape index (κ3) is 4.25. The van der Waals surface area contributed by atoms with E-state index < -0.39 is 11.7 Å². The van der Waals surface area contributed by atoms with Gasteiger partial charge in [0.1, 0.15) is 0 Å². The van der Waals surface area contributed by atoms with Crippen LogP contribution < -0.4 is 5.46 Å². The molecule has 0 aliphatic carbocycles. The van der Waals surface area contributed by atoms with Crippen LogP contribution in [0.2, 0.25) is 0 Å². The molecule has 2 aromatic rings. The van der Waals surface area contributed by atoms with Gasteiger partial charge < -0.3 is 0 Å². The third-order valence-corrected chi connectivity index (χ3v) is 3.21. The van der Waals surface area contributed by atoms with E-state index in [0.717, 1.165) is 24.0 Å². The predicted octanol–water partition coefficient (Wildman–Crippen LogP) is 4.27. The summed E-state index contributed by atoms with van der Waals surface area (Å²) >= 11 is 0. The summed E-state index contributed by atoms with van der Waals surface area (Å²) in [7, 11) is 1.92. The Balaban J connectivity index is 2.11. The Labute approximate surface area is 123 Å². The number of hydrogen-bond donors (Lipinski definition) is 0. The second-order valence-corrected chi connectivity index (χ2v) is 4.70. The van der Waals surface area contributed by atoms with Crippen molar-refractivity contribution in [1.82, 2.24) is 0 Å². The molecule has 107 valence electrons. The van der Waals surface area contributed by atoms with E-state index in [1.807, 2.05) is 31.5 Å². The summed E-state index contributed by atoms with van der Waals surface area (Å²) in [5.74, 6) is 1.78. The predicted molar refractivity (Wildman–Crippen MR) is 81.7 cm³/mol. The molecule has 21 heavy (non-hydrogen) atoms. The van der Waals surface area contributed by atoms with Crippen LogP contribution in [-0.2, 0) is 12.6 Å². The Kier molecular flexibility index (Phi) is 4.89. The van der Waals surface area contributed by atoms with Crippen molar-refractivity contribution in [2.45, 2.75) is 19.5 Å². The standard InChI is InChI=1S/C17H15BF3/c1-2-14-7-3-4-9-16(14)18-11-10-13-6-5-8-15(12-13)17(19,20)21/h3-12H,2H2,1H3. The summed E-state index contributed by atoms with van der Waals surface area (Å²) in [6, 6.07) is 13.3. The van der Waals surface area contributed by atoms with Crippen LogP contribution in [0.15, 0.2) is 54.5 Å². The highest BCUT2D eigenvalue weighted by molar-refractivity contribution is 6.59. The van der Waals surface area contributed by atoms with Crippen molar-refractivity contribution in [2.24, 2.45) is 0 Å². The molecule has 4 heteroatoms. The first-order valence-corrected chi connectivity index (χ1v) is 6.77. The lowest BCUT2D eigenvalue weighted by molar-refractivity contribution is -0.137. The van der Waals surface area contributed by atoms with Crippen LogP contribution in [-0.4, -0.2) is 7.28 Å². The maximum Gasteiger partial charge on any atom is 0.416 e. The van der Waals surface area contributed by atoms with Gasteiger partial charge >= 0.3 is 6.18 Å². The van der Waals surface area contributed by atoms with Crippen LogP contribution in [0.1, 0.15) is 23.6 Å². The molecule has 0 amide bonds. The Morgan fingerprint density at radius 1 is 1.05 bits per heavy atom. The van der Waals surface area contributed by atoms with Crippen LogP contribution >= 0.6 is 0 Å². The van der Waals surface area contributed by atoms with E-state index in [1.54, 1.807) is 18.1 Å². The Bertz CT molecular complexity index is 630. The van der Waals surface area contributed by atoms with Gasteiger partial charge in [0.2, 0.25) is 0 Å². The SMILES string of the molecule is CCc1ccccc1[B]C=Cc1cccc(C(F)(F)F)c1. The van der Waals surface area contributed by atoms with Gasteiger partial charge in [0.05, 0.1) is 5.56 Å². The molecule has 0 aromatic heterocycles. The fourth-order valence-electron chi connectivity index (χ4n) is 2.10. The molecular formula is C17H15BF3. The smallest absolute Gasteiger partial charge is 0.166 e. The normalized spacial score (nSPS) is 11.8. The largest absolute Gasteiger partial charge is 0.416 e. The summed E-state index contributed by atoms with van der Waals surface area (Å²) in [4.78, 5) is 0. The molecule has 0 spiro atoms. The number of hydrogen-bond acceptors (Lipinski definition) is 0. The topological polar surface area (TPSA) is 0 Å². The molecule has 0 bridgehead atoms. The molecule has 0 unspecified atom stereocenters. The minimum Gasteiger partial charge on any atom is -0.166 e. The zero-order chi connectivity index (χ0) is 15.3. The highest BCUT2D eigenvalue weighted by Crippen LogP contribution is 2.29. The van der Waals surface area contributed by atoms with Gasteiger partial charge in [-0.15, -0.1) is 5.98 Å². The summed E-state index contributed by atoms with van der Waals surface area (Å²) in [5.41, 5.74) is 2.21. The molecule has 1 radical (unpaired) electrons. The zero-order valence-corrected chi connectivity index (χ0v) is 11.7. The molecule has 0 N–H and O–H groups in total. The molecule has 0 saturated carbocycles. The van der Waals surface area contributed by atoms with Gasteiger partial charge in [0, 0.05) is 0 Å². The summed E-state index contributed by atoms with van der Waals surface area (Å²) in [6.07, 6.45) is -1.70. The molecule has 0 aliphatic heterocycles. The average molecular weight is 287 g/mol. The van der Waals surface area contributed by atoms with Crippen LogP contribution in [0.3, 0.4) is 0 Å². The van der Waals surface area contributed by atoms with Crippen molar-refractivity contribution in [1.29, 1.82) is 0 Å². The van der Waals surface area contributed by atoms with Gasteiger partial charge in [-0.3, -0.25) is 0 Å². The summed E-state index contributed by atoms with van der Waals surface area (Å²) in [6.45, 7) is 2.07. The van der Waals surface area contributed by atoms with Gasteiger partial charge in [-0.2, -0.15) is 13.2 Å². The van der Waals surface area contributed by atoms with Crippen LogP contribution in [0.4, 0.5) is 13.2 Å². The summed E-state index contributed by atoms with van der Waals surface area (Å²) in [5, 5.41) is 0. The third-order valence-electron chi connectivity index (χ3n) is 3.21. The lowest BCUT2D eigenvalue weighted by Crippen LogP contribution is -2.16. The molecular weight excluding hydrogens is 272 g/mol. The zero-order valence-electron chi connectivity index (χ0n) is 11.7. The van der Waals surface area contributed by atoms with E-state index in [2.05, 4.69) is 6.92 Å². The molecule has 2 aromatic carbocycles. The molecule has 2 rings (SSSR count). The Hall–Kier alpha value is -1.97. The fraction of sp³-hybridized carbons (Fsp3) is 0.176. The number of benzene rings is 2. The first kappa shape index (κ1) is 15.4. The fourth-order valence-corrected chi connectivity index (χ4v) is 2.10. The average Bonchev–Trinajstić information content (AvgIpc) is 2.47. The van der Waals surface area contributed by atoms with E-state index >= 15 is 0 Å². The first-order chi connectivity index (χ1) is 10.0.